The normalized spacial score (nSPS) is 16.8. The summed E-state index contributed by atoms with van der Waals surface area (Å²) in [5, 5.41) is 2.92. The maximum Gasteiger partial charge on any atom is 0.345 e. The summed E-state index contributed by atoms with van der Waals surface area (Å²) in [6.45, 7) is -1.64. The Morgan fingerprint density at radius 2 is 1.94 bits per heavy atom. The fourth-order valence-corrected chi connectivity index (χ4v) is 5.43. The standard InChI is InChI=1S/C21H21ClF3N5O4S/c1-11-14(5-6-15-17(11)20(31)29(2)10-26-15)27-19-13(23)3-4-16(18(19)22)28-35(32,33)30-8-7-12(9-30)34-21(24)25/h3-6,10,12,21,27-28H,7-9H2,1-2H3/t12-/m1/s1. The molecule has 0 saturated carbocycles. The summed E-state index contributed by atoms with van der Waals surface area (Å²) in [7, 11) is -2.62. The molecule has 188 valence electrons. The molecule has 1 saturated heterocycles. The van der Waals surface area contributed by atoms with Crippen LogP contribution in [-0.2, 0) is 22.0 Å². The molecule has 1 atom stereocenters. The Balaban J connectivity index is 1.62. The zero-order valence-electron chi connectivity index (χ0n) is 18.6. The average molecular weight is 532 g/mol. The van der Waals surface area contributed by atoms with Crippen LogP contribution >= 0.6 is 11.6 Å². The Morgan fingerprint density at radius 1 is 1.23 bits per heavy atom. The molecule has 2 aromatic carbocycles. The average Bonchev–Trinajstić information content (AvgIpc) is 3.26. The number of anilines is 3. The highest BCUT2D eigenvalue weighted by Crippen LogP contribution is 2.37. The number of nitrogens with one attached hydrogen (secondary N) is 2. The number of hydrogen-bond acceptors (Lipinski definition) is 6. The van der Waals surface area contributed by atoms with Crippen molar-refractivity contribution in [1.29, 1.82) is 0 Å². The van der Waals surface area contributed by atoms with Crippen LogP contribution in [0.15, 0.2) is 35.4 Å². The van der Waals surface area contributed by atoms with Crippen molar-refractivity contribution in [2.45, 2.75) is 26.1 Å². The number of aromatic nitrogens is 2. The van der Waals surface area contributed by atoms with E-state index in [0.29, 0.717) is 22.2 Å². The number of hydrogen-bond donors (Lipinski definition) is 2. The van der Waals surface area contributed by atoms with Crippen LogP contribution in [0.1, 0.15) is 12.0 Å². The van der Waals surface area contributed by atoms with Crippen molar-refractivity contribution >= 4 is 49.8 Å². The molecule has 3 aromatic rings. The van der Waals surface area contributed by atoms with E-state index in [-0.39, 0.29) is 41.5 Å². The fourth-order valence-electron chi connectivity index (χ4n) is 3.84. The molecule has 9 nitrogen and oxygen atoms in total. The molecular formula is C21H21ClF3N5O4S. The lowest BCUT2D eigenvalue weighted by molar-refractivity contribution is -0.157. The Kier molecular flexibility index (Phi) is 6.95. The molecule has 0 radical (unpaired) electrons. The molecule has 14 heteroatoms. The smallest absolute Gasteiger partial charge is 0.345 e. The topological polar surface area (TPSA) is 106 Å². The predicted molar refractivity (Wildman–Crippen MR) is 126 cm³/mol. The van der Waals surface area contributed by atoms with Gasteiger partial charge in [0.1, 0.15) is 5.82 Å². The first-order valence-corrected chi connectivity index (χ1v) is 12.2. The number of halogens is 4. The molecule has 35 heavy (non-hydrogen) atoms. The van der Waals surface area contributed by atoms with Crippen molar-refractivity contribution in [2.24, 2.45) is 7.05 Å². The molecule has 0 spiro atoms. The summed E-state index contributed by atoms with van der Waals surface area (Å²) in [6, 6.07) is 5.37. The molecule has 1 aromatic heterocycles. The minimum absolute atomic E-state index is 0.0318. The lowest BCUT2D eigenvalue weighted by Gasteiger charge is -2.20. The Hall–Kier alpha value is -2.87. The van der Waals surface area contributed by atoms with Gasteiger partial charge in [-0.3, -0.25) is 9.52 Å². The highest BCUT2D eigenvalue weighted by Gasteiger charge is 2.34. The third kappa shape index (κ3) is 5.08. The number of fused-ring (bicyclic) bond motifs is 1. The van der Waals surface area contributed by atoms with Gasteiger partial charge in [-0.15, -0.1) is 0 Å². The second-order valence-corrected chi connectivity index (χ2v) is 10.0. The van der Waals surface area contributed by atoms with Gasteiger partial charge >= 0.3 is 16.8 Å². The molecular weight excluding hydrogens is 511 g/mol. The second-order valence-electron chi connectivity index (χ2n) is 7.97. The first-order chi connectivity index (χ1) is 16.5. The Morgan fingerprint density at radius 3 is 2.66 bits per heavy atom. The van der Waals surface area contributed by atoms with Crippen molar-refractivity contribution in [3.8, 4) is 0 Å². The van der Waals surface area contributed by atoms with E-state index < -0.39 is 28.7 Å². The Bertz CT molecular complexity index is 1450. The van der Waals surface area contributed by atoms with Gasteiger partial charge in [-0.1, -0.05) is 11.6 Å². The second kappa shape index (κ2) is 9.64. The van der Waals surface area contributed by atoms with Gasteiger partial charge in [0, 0.05) is 25.8 Å². The molecule has 1 fully saturated rings. The van der Waals surface area contributed by atoms with Gasteiger partial charge in [0.2, 0.25) is 0 Å². The molecule has 4 rings (SSSR count). The van der Waals surface area contributed by atoms with Crippen molar-refractivity contribution in [3.63, 3.8) is 0 Å². The quantitative estimate of drug-likeness (QED) is 0.481. The summed E-state index contributed by atoms with van der Waals surface area (Å²) in [6.07, 6.45) is 0.557. The maximum absolute atomic E-state index is 14.7. The molecule has 0 aliphatic carbocycles. The van der Waals surface area contributed by atoms with E-state index in [9.17, 15) is 26.4 Å². The number of benzene rings is 2. The highest BCUT2D eigenvalue weighted by atomic mass is 35.5. The third-order valence-electron chi connectivity index (χ3n) is 5.68. The van der Waals surface area contributed by atoms with Crippen molar-refractivity contribution in [2.75, 3.05) is 23.1 Å². The van der Waals surface area contributed by atoms with E-state index in [1.54, 1.807) is 26.1 Å². The molecule has 0 amide bonds. The summed E-state index contributed by atoms with van der Waals surface area (Å²) < 4.78 is 74.0. The summed E-state index contributed by atoms with van der Waals surface area (Å²) in [5.41, 5.74) is 0.711. The van der Waals surface area contributed by atoms with Crippen LogP contribution in [0.5, 0.6) is 0 Å². The number of ether oxygens (including phenoxy) is 1. The zero-order chi connectivity index (χ0) is 25.5. The molecule has 2 heterocycles. The molecule has 1 aliphatic rings. The summed E-state index contributed by atoms with van der Waals surface area (Å²) in [4.78, 5) is 16.8. The first-order valence-electron chi connectivity index (χ1n) is 10.4. The Labute approximate surface area is 203 Å². The SMILES string of the molecule is Cc1c(Nc2c(F)ccc(NS(=O)(=O)N3CC[C@@H](OC(F)F)C3)c2Cl)ccc2ncn(C)c(=O)c12. The van der Waals surface area contributed by atoms with Crippen LogP contribution in [0.25, 0.3) is 10.9 Å². The van der Waals surface area contributed by atoms with Crippen LogP contribution in [0.3, 0.4) is 0 Å². The van der Waals surface area contributed by atoms with E-state index in [1.165, 1.54) is 10.9 Å². The van der Waals surface area contributed by atoms with Crippen molar-refractivity contribution in [3.05, 3.63) is 57.3 Å². The van der Waals surface area contributed by atoms with Crippen molar-refractivity contribution in [1.82, 2.24) is 13.9 Å². The van der Waals surface area contributed by atoms with E-state index >= 15 is 0 Å². The van der Waals surface area contributed by atoms with Gasteiger partial charge in [0.15, 0.2) is 0 Å². The van der Waals surface area contributed by atoms with Crippen LogP contribution in [-0.4, -0.2) is 48.1 Å². The monoisotopic (exact) mass is 531 g/mol. The fraction of sp³-hybridized carbons (Fsp3) is 0.333. The summed E-state index contributed by atoms with van der Waals surface area (Å²) in [5.74, 6) is -0.761. The van der Waals surface area contributed by atoms with Gasteiger partial charge in [0.05, 0.1) is 39.7 Å². The van der Waals surface area contributed by atoms with Crippen LogP contribution in [0, 0.1) is 12.7 Å². The molecule has 0 bridgehead atoms. The van der Waals surface area contributed by atoms with E-state index in [4.69, 9.17) is 11.6 Å². The van der Waals surface area contributed by atoms with Gasteiger partial charge in [-0.25, -0.2) is 9.37 Å². The molecule has 1 aliphatic heterocycles. The number of rotatable bonds is 7. The summed E-state index contributed by atoms with van der Waals surface area (Å²) >= 11 is 6.35. The zero-order valence-corrected chi connectivity index (χ0v) is 20.1. The van der Waals surface area contributed by atoms with Crippen LogP contribution in [0.2, 0.25) is 5.02 Å². The van der Waals surface area contributed by atoms with Gasteiger partial charge in [-0.05, 0) is 43.2 Å². The first kappa shape index (κ1) is 25.2. The van der Waals surface area contributed by atoms with Gasteiger partial charge in [0.25, 0.3) is 5.56 Å². The van der Waals surface area contributed by atoms with Crippen LogP contribution in [0.4, 0.5) is 30.2 Å². The number of aryl methyl sites for hydroxylation is 2. The third-order valence-corrected chi connectivity index (χ3v) is 7.56. The van der Waals surface area contributed by atoms with Gasteiger partial charge in [-0.2, -0.15) is 21.5 Å². The lowest BCUT2D eigenvalue weighted by atomic mass is 10.1. The lowest BCUT2D eigenvalue weighted by Crippen LogP contribution is -2.35. The van der Waals surface area contributed by atoms with E-state index in [2.05, 4.69) is 19.8 Å². The number of nitrogens with zero attached hydrogens (tertiary/aromatic N) is 3. The maximum atomic E-state index is 14.7. The number of alkyl halides is 2. The molecule has 2 N–H and O–H groups in total. The predicted octanol–water partition coefficient (Wildman–Crippen LogP) is 3.75. The largest absolute Gasteiger partial charge is 0.352 e. The minimum atomic E-state index is -4.18. The molecule has 0 unspecified atom stereocenters. The van der Waals surface area contributed by atoms with E-state index in [0.717, 1.165) is 16.4 Å². The van der Waals surface area contributed by atoms with Crippen LogP contribution < -0.4 is 15.6 Å². The minimum Gasteiger partial charge on any atom is -0.352 e. The van der Waals surface area contributed by atoms with Crippen molar-refractivity contribution < 1.29 is 26.3 Å². The van der Waals surface area contributed by atoms with E-state index in [1.807, 2.05) is 0 Å². The highest BCUT2D eigenvalue weighted by molar-refractivity contribution is 7.90. The van der Waals surface area contributed by atoms with Gasteiger partial charge < -0.3 is 14.6 Å².